The number of carbonyl (C=O) groups excluding carboxylic acids is 1. The first-order valence-corrected chi connectivity index (χ1v) is 9.17. The van der Waals surface area contributed by atoms with Crippen LogP contribution in [0.3, 0.4) is 0 Å². The molecule has 0 spiro atoms. The van der Waals surface area contributed by atoms with Crippen LogP contribution >= 0.6 is 11.3 Å². The first kappa shape index (κ1) is 18.1. The second kappa shape index (κ2) is 7.89. The fraction of sp³-hybridized carbons (Fsp3) is 0.714. The van der Waals surface area contributed by atoms with Crippen molar-refractivity contribution in [2.75, 3.05) is 18.8 Å². The molecule has 120 valence electrons. The van der Waals surface area contributed by atoms with Crippen molar-refractivity contribution < 1.29 is 9.00 Å². The van der Waals surface area contributed by atoms with E-state index < -0.39 is 10.8 Å². The SMILES string of the molecule is Cc1nc(CCNC(=O)NCC[S@@](=O)C(C)(C)C)sc1C. The predicted molar refractivity (Wildman–Crippen MR) is 89.5 cm³/mol. The van der Waals surface area contributed by atoms with Crippen molar-refractivity contribution in [3.05, 3.63) is 15.6 Å². The van der Waals surface area contributed by atoms with Crippen LogP contribution < -0.4 is 10.6 Å². The zero-order valence-corrected chi connectivity index (χ0v) is 15.0. The number of aromatic nitrogens is 1. The smallest absolute Gasteiger partial charge is 0.314 e. The van der Waals surface area contributed by atoms with Gasteiger partial charge in [-0.3, -0.25) is 4.21 Å². The Labute approximate surface area is 133 Å². The molecule has 0 radical (unpaired) electrons. The minimum absolute atomic E-state index is 0.217. The van der Waals surface area contributed by atoms with Crippen molar-refractivity contribution in [1.82, 2.24) is 15.6 Å². The van der Waals surface area contributed by atoms with Crippen molar-refractivity contribution in [3.63, 3.8) is 0 Å². The predicted octanol–water partition coefficient (Wildman–Crippen LogP) is 2.15. The molecule has 0 aliphatic carbocycles. The molecular formula is C14H25N3O2S2. The normalized spacial score (nSPS) is 13.0. The highest BCUT2D eigenvalue weighted by Gasteiger charge is 2.18. The second-order valence-corrected chi connectivity index (χ2v) is 9.46. The van der Waals surface area contributed by atoms with Crippen LogP contribution in [0.5, 0.6) is 0 Å². The summed E-state index contributed by atoms with van der Waals surface area (Å²) in [5, 5.41) is 6.56. The van der Waals surface area contributed by atoms with Gasteiger partial charge in [-0.15, -0.1) is 11.3 Å². The third kappa shape index (κ3) is 6.56. The Morgan fingerprint density at radius 3 is 2.38 bits per heavy atom. The molecule has 0 saturated heterocycles. The second-order valence-electron chi connectivity index (χ2n) is 5.84. The van der Waals surface area contributed by atoms with E-state index in [1.54, 1.807) is 11.3 Å². The van der Waals surface area contributed by atoms with Crippen LogP contribution in [0.2, 0.25) is 0 Å². The van der Waals surface area contributed by atoms with E-state index in [4.69, 9.17) is 0 Å². The maximum atomic E-state index is 11.8. The van der Waals surface area contributed by atoms with Crippen LogP contribution in [-0.2, 0) is 17.2 Å². The maximum absolute atomic E-state index is 11.8. The van der Waals surface area contributed by atoms with E-state index in [1.807, 2.05) is 34.6 Å². The standard InChI is InChI=1S/C14H25N3O2S2/c1-10-11(2)20-12(17-10)6-7-15-13(18)16-8-9-21(19)14(3,4)5/h6-9H2,1-5H3,(H2,15,16,18)/t21-/m1/s1. The summed E-state index contributed by atoms with van der Waals surface area (Å²) in [6.45, 7) is 10.8. The van der Waals surface area contributed by atoms with Crippen LogP contribution in [-0.4, -0.2) is 38.8 Å². The molecule has 2 N–H and O–H groups in total. The summed E-state index contributed by atoms with van der Waals surface area (Å²) < 4.78 is 11.6. The Bertz CT molecular complexity index is 487. The van der Waals surface area contributed by atoms with Crippen LogP contribution in [0, 0.1) is 13.8 Å². The highest BCUT2D eigenvalue weighted by Crippen LogP contribution is 2.16. The lowest BCUT2D eigenvalue weighted by atomic mass is 10.3. The summed E-state index contributed by atoms with van der Waals surface area (Å²) in [5.74, 6) is 0.474. The Kier molecular flexibility index (Phi) is 6.80. The molecule has 0 bridgehead atoms. The Morgan fingerprint density at radius 1 is 1.24 bits per heavy atom. The Morgan fingerprint density at radius 2 is 1.86 bits per heavy atom. The molecule has 1 atom stereocenters. The van der Waals surface area contributed by atoms with Gasteiger partial charge in [0.05, 0.1) is 10.7 Å². The number of aryl methyl sites for hydroxylation is 2. The van der Waals surface area contributed by atoms with E-state index >= 15 is 0 Å². The third-order valence-corrected chi connectivity index (χ3v) is 6.03. The van der Waals surface area contributed by atoms with E-state index in [2.05, 4.69) is 15.6 Å². The third-order valence-electron chi connectivity index (χ3n) is 2.95. The lowest BCUT2D eigenvalue weighted by Gasteiger charge is -2.17. The summed E-state index contributed by atoms with van der Waals surface area (Å²) in [5.41, 5.74) is 1.06. The minimum atomic E-state index is -0.940. The molecule has 0 aliphatic heterocycles. The molecule has 5 nitrogen and oxygen atoms in total. The first-order chi connectivity index (χ1) is 9.70. The molecule has 0 saturated carbocycles. The summed E-state index contributed by atoms with van der Waals surface area (Å²) in [6, 6.07) is -0.217. The molecule has 0 aromatic carbocycles. The summed E-state index contributed by atoms with van der Waals surface area (Å²) in [4.78, 5) is 17.2. The van der Waals surface area contributed by atoms with E-state index in [1.165, 1.54) is 4.88 Å². The number of rotatable bonds is 6. The van der Waals surface area contributed by atoms with Gasteiger partial charge < -0.3 is 10.6 Å². The molecular weight excluding hydrogens is 306 g/mol. The zero-order valence-electron chi connectivity index (χ0n) is 13.4. The van der Waals surface area contributed by atoms with Gasteiger partial charge in [0, 0.05) is 45.7 Å². The minimum Gasteiger partial charge on any atom is -0.338 e. The highest BCUT2D eigenvalue weighted by molar-refractivity contribution is 7.86. The topological polar surface area (TPSA) is 71.1 Å². The van der Waals surface area contributed by atoms with Crippen LogP contribution in [0.4, 0.5) is 4.79 Å². The number of hydrogen-bond acceptors (Lipinski definition) is 4. The van der Waals surface area contributed by atoms with E-state index in [0.717, 1.165) is 17.1 Å². The van der Waals surface area contributed by atoms with Crippen molar-refractivity contribution in [2.24, 2.45) is 0 Å². The van der Waals surface area contributed by atoms with Crippen LogP contribution in [0.25, 0.3) is 0 Å². The Balaban J connectivity index is 2.18. The maximum Gasteiger partial charge on any atom is 0.314 e. The van der Waals surface area contributed by atoms with Gasteiger partial charge in [0.15, 0.2) is 0 Å². The number of nitrogens with zero attached hydrogens (tertiary/aromatic N) is 1. The average molecular weight is 332 g/mol. The lowest BCUT2D eigenvalue weighted by Crippen LogP contribution is -2.39. The van der Waals surface area contributed by atoms with Gasteiger partial charge in [0.1, 0.15) is 0 Å². The van der Waals surface area contributed by atoms with Gasteiger partial charge >= 0.3 is 6.03 Å². The van der Waals surface area contributed by atoms with E-state index in [9.17, 15) is 9.00 Å². The number of amides is 2. The fourth-order valence-electron chi connectivity index (χ4n) is 1.56. The number of thiazole rings is 1. The van der Waals surface area contributed by atoms with Gasteiger partial charge in [-0.2, -0.15) is 0 Å². The number of urea groups is 1. The molecule has 1 aromatic heterocycles. The number of hydrogen-bond donors (Lipinski definition) is 2. The molecule has 0 aliphatic rings. The van der Waals surface area contributed by atoms with Crippen LogP contribution in [0.15, 0.2) is 0 Å². The quantitative estimate of drug-likeness (QED) is 0.839. The van der Waals surface area contributed by atoms with E-state index in [0.29, 0.717) is 18.8 Å². The van der Waals surface area contributed by atoms with Gasteiger partial charge in [-0.25, -0.2) is 9.78 Å². The summed E-state index contributed by atoms with van der Waals surface area (Å²) in [7, 11) is -0.940. The van der Waals surface area contributed by atoms with Gasteiger partial charge in [-0.1, -0.05) is 0 Å². The molecule has 0 unspecified atom stereocenters. The molecule has 1 aromatic rings. The molecule has 21 heavy (non-hydrogen) atoms. The summed E-state index contributed by atoms with van der Waals surface area (Å²) in [6.07, 6.45) is 0.737. The van der Waals surface area contributed by atoms with E-state index in [-0.39, 0.29) is 10.8 Å². The molecule has 0 fully saturated rings. The number of carbonyl (C=O) groups is 1. The van der Waals surface area contributed by atoms with Crippen LogP contribution in [0.1, 0.15) is 36.3 Å². The largest absolute Gasteiger partial charge is 0.338 e. The average Bonchev–Trinajstić information content (AvgIpc) is 2.67. The Hall–Kier alpha value is -0.950. The highest BCUT2D eigenvalue weighted by atomic mass is 32.2. The van der Waals surface area contributed by atoms with Crippen molar-refractivity contribution in [3.8, 4) is 0 Å². The van der Waals surface area contributed by atoms with Crippen molar-refractivity contribution >= 4 is 28.2 Å². The summed E-state index contributed by atoms with van der Waals surface area (Å²) >= 11 is 1.67. The monoisotopic (exact) mass is 331 g/mol. The molecule has 7 heteroatoms. The zero-order chi connectivity index (χ0) is 16.0. The molecule has 1 rings (SSSR count). The lowest BCUT2D eigenvalue weighted by molar-refractivity contribution is 0.241. The van der Waals surface area contributed by atoms with Gasteiger partial charge in [0.2, 0.25) is 0 Å². The molecule has 2 amide bonds. The molecule has 1 heterocycles. The van der Waals surface area contributed by atoms with Gasteiger partial charge in [-0.05, 0) is 34.6 Å². The van der Waals surface area contributed by atoms with Gasteiger partial charge in [0.25, 0.3) is 0 Å². The first-order valence-electron chi connectivity index (χ1n) is 7.03. The number of nitrogens with one attached hydrogen (secondary N) is 2. The fourth-order valence-corrected chi connectivity index (χ4v) is 3.39. The van der Waals surface area contributed by atoms with Crippen molar-refractivity contribution in [1.29, 1.82) is 0 Å². The van der Waals surface area contributed by atoms with Crippen molar-refractivity contribution in [2.45, 2.75) is 45.8 Å².